The molecule has 1 N–H and O–H groups in total. The average molecular weight is 320 g/mol. The standard InChI is InChI=1S/C14H19F3N2OS/c1-2-6-18-11-5-7-20-9-12(11)21-13-4-3-10(8-19-13)14(15,16)17/h3-4,8,11-12,18H,2,5-7,9H2,1H3. The molecule has 1 aliphatic heterocycles. The van der Waals surface area contributed by atoms with E-state index in [9.17, 15) is 13.2 Å². The van der Waals surface area contributed by atoms with Crippen molar-refractivity contribution in [2.75, 3.05) is 19.8 Å². The van der Waals surface area contributed by atoms with Crippen molar-refractivity contribution in [1.29, 1.82) is 0 Å². The Balaban J connectivity index is 1.98. The Morgan fingerprint density at radius 2 is 2.24 bits per heavy atom. The summed E-state index contributed by atoms with van der Waals surface area (Å²) in [5.41, 5.74) is -0.715. The quantitative estimate of drug-likeness (QED) is 0.902. The maximum atomic E-state index is 12.5. The highest BCUT2D eigenvalue weighted by Crippen LogP contribution is 2.32. The summed E-state index contributed by atoms with van der Waals surface area (Å²) in [5.74, 6) is 0. The first-order valence-corrected chi connectivity index (χ1v) is 7.89. The van der Waals surface area contributed by atoms with E-state index in [0.29, 0.717) is 17.7 Å². The fourth-order valence-corrected chi connectivity index (χ4v) is 3.30. The summed E-state index contributed by atoms with van der Waals surface area (Å²) >= 11 is 1.48. The normalized spacial score (nSPS) is 23.2. The Kier molecular flexibility index (Phi) is 5.89. The first kappa shape index (κ1) is 16.6. The molecular weight excluding hydrogens is 301 g/mol. The molecule has 2 rings (SSSR count). The van der Waals surface area contributed by atoms with Crippen LogP contribution in [-0.2, 0) is 10.9 Å². The van der Waals surface area contributed by atoms with Gasteiger partial charge in [-0.25, -0.2) is 4.98 Å². The molecule has 118 valence electrons. The van der Waals surface area contributed by atoms with Gasteiger partial charge in [0, 0.05) is 24.1 Å². The summed E-state index contributed by atoms with van der Waals surface area (Å²) in [7, 11) is 0. The van der Waals surface area contributed by atoms with E-state index in [1.54, 1.807) is 0 Å². The molecule has 1 aliphatic rings. The Bertz CT molecular complexity index is 439. The van der Waals surface area contributed by atoms with E-state index in [0.717, 1.165) is 38.3 Å². The van der Waals surface area contributed by atoms with Crippen LogP contribution in [-0.4, -0.2) is 36.0 Å². The second kappa shape index (κ2) is 7.47. The van der Waals surface area contributed by atoms with Gasteiger partial charge in [0.05, 0.1) is 17.2 Å². The van der Waals surface area contributed by atoms with Gasteiger partial charge in [0.2, 0.25) is 0 Å². The van der Waals surface area contributed by atoms with Gasteiger partial charge >= 0.3 is 6.18 Å². The maximum absolute atomic E-state index is 12.5. The second-order valence-corrected chi connectivity index (χ2v) is 6.22. The zero-order chi connectivity index (χ0) is 15.3. The Morgan fingerprint density at radius 1 is 1.43 bits per heavy atom. The number of halogens is 3. The number of nitrogens with one attached hydrogen (secondary N) is 1. The lowest BCUT2D eigenvalue weighted by molar-refractivity contribution is -0.137. The highest BCUT2D eigenvalue weighted by atomic mass is 32.2. The Labute approximate surface area is 126 Å². The van der Waals surface area contributed by atoms with Gasteiger partial charge in [0.25, 0.3) is 0 Å². The number of hydrogen-bond donors (Lipinski definition) is 1. The van der Waals surface area contributed by atoms with Gasteiger partial charge in [-0.2, -0.15) is 13.2 Å². The van der Waals surface area contributed by atoms with Gasteiger partial charge in [0.15, 0.2) is 0 Å². The molecule has 0 spiro atoms. The fraction of sp³-hybridized carbons (Fsp3) is 0.643. The number of thioether (sulfide) groups is 1. The van der Waals surface area contributed by atoms with Crippen LogP contribution in [0, 0.1) is 0 Å². The number of aromatic nitrogens is 1. The third-order valence-electron chi connectivity index (χ3n) is 3.30. The Morgan fingerprint density at radius 3 is 2.86 bits per heavy atom. The molecule has 0 radical (unpaired) electrons. The summed E-state index contributed by atoms with van der Waals surface area (Å²) in [6, 6.07) is 2.82. The molecule has 0 aliphatic carbocycles. The summed E-state index contributed by atoms with van der Waals surface area (Å²) in [4.78, 5) is 3.91. The molecule has 1 fully saturated rings. The topological polar surface area (TPSA) is 34.1 Å². The molecule has 0 saturated carbocycles. The minimum absolute atomic E-state index is 0.175. The lowest BCUT2D eigenvalue weighted by Gasteiger charge is -2.31. The molecular formula is C14H19F3N2OS. The van der Waals surface area contributed by atoms with Crippen molar-refractivity contribution in [3.8, 4) is 0 Å². The van der Waals surface area contributed by atoms with E-state index in [1.807, 2.05) is 0 Å². The van der Waals surface area contributed by atoms with Crippen LogP contribution in [0.2, 0.25) is 0 Å². The monoisotopic (exact) mass is 320 g/mol. The number of rotatable bonds is 5. The lowest BCUT2D eigenvalue weighted by atomic mass is 10.1. The summed E-state index contributed by atoms with van der Waals surface area (Å²) in [5, 5.41) is 4.24. The van der Waals surface area contributed by atoms with Crippen LogP contribution in [0.25, 0.3) is 0 Å². The van der Waals surface area contributed by atoms with Gasteiger partial charge in [-0.3, -0.25) is 0 Å². The minimum atomic E-state index is -4.34. The predicted molar refractivity (Wildman–Crippen MR) is 76.4 cm³/mol. The van der Waals surface area contributed by atoms with E-state index in [2.05, 4.69) is 17.2 Å². The molecule has 0 amide bonds. The van der Waals surface area contributed by atoms with Gasteiger partial charge in [-0.1, -0.05) is 18.7 Å². The first-order valence-electron chi connectivity index (χ1n) is 7.01. The zero-order valence-electron chi connectivity index (χ0n) is 11.8. The predicted octanol–water partition coefficient (Wildman–Crippen LogP) is 3.35. The van der Waals surface area contributed by atoms with Gasteiger partial charge < -0.3 is 10.1 Å². The van der Waals surface area contributed by atoms with Crippen LogP contribution >= 0.6 is 11.8 Å². The third kappa shape index (κ3) is 4.86. The van der Waals surface area contributed by atoms with Crippen LogP contribution in [0.5, 0.6) is 0 Å². The molecule has 2 atom stereocenters. The molecule has 1 saturated heterocycles. The van der Waals surface area contributed by atoms with E-state index >= 15 is 0 Å². The number of alkyl halides is 3. The van der Waals surface area contributed by atoms with Crippen molar-refractivity contribution in [3.05, 3.63) is 23.9 Å². The van der Waals surface area contributed by atoms with Gasteiger partial charge in [-0.15, -0.1) is 0 Å². The molecule has 3 nitrogen and oxygen atoms in total. The highest BCUT2D eigenvalue weighted by Gasteiger charge is 2.31. The van der Waals surface area contributed by atoms with Gasteiger partial charge in [0.1, 0.15) is 0 Å². The molecule has 2 heterocycles. The van der Waals surface area contributed by atoms with Crippen molar-refractivity contribution in [1.82, 2.24) is 10.3 Å². The summed E-state index contributed by atoms with van der Waals surface area (Å²) < 4.78 is 43.0. The van der Waals surface area contributed by atoms with E-state index in [-0.39, 0.29) is 5.25 Å². The van der Waals surface area contributed by atoms with Gasteiger partial charge in [-0.05, 0) is 31.5 Å². The number of ether oxygens (including phenoxy) is 1. The minimum Gasteiger partial charge on any atom is -0.380 e. The fourth-order valence-electron chi connectivity index (χ4n) is 2.16. The molecule has 7 heteroatoms. The molecule has 2 unspecified atom stereocenters. The lowest BCUT2D eigenvalue weighted by Crippen LogP contribution is -2.45. The van der Waals surface area contributed by atoms with Crippen LogP contribution in [0.1, 0.15) is 25.3 Å². The number of hydrogen-bond acceptors (Lipinski definition) is 4. The molecule has 0 bridgehead atoms. The van der Waals surface area contributed by atoms with Crippen molar-refractivity contribution in [3.63, 3.8) is 0 Å². The third-order valence-corrected chi connectivity index (χ3v) is 4.55. The number of nitrogens with zero attached hydrogens (tertiary/aromatic N) is 1. The number of pyridine rings is 1. The SMILES string of the molecule is CCCNC1CCOCC1Sc1ccc(C(F)(F)F)cn1. The Hall–Kier alpha value is -0.790. The zero-order valence-corrected chi connectivity index (χ0v) is 12.6. The van der Waals surface area contributed by atoms with Crippen LogP contribution in [0.15, 0.2) is 23.4 Å². The maximum Gasteiger partial charge on any atom is 0.417 e. The summed E-state index contributed by atoms with van der Waals surface area (Å²) in [6.45, 7) is 4.35. The van der Waals surface area contributed by atoms with Crippen LogP contribution in [0.3, 0.4) is 0 Å². The van der Waals surface area contributed by atoms with E-state index in [1.165, 1.54) is 17.8 Å². The van der Waals surface area contributed by atoms with E-state index in [4.69, 9.17) is 4.74 Å². The second-order valence-electron chi connectivity index (χ2n) is 4.96. The van der Waals surface area contributed by atoms with Crippen LogP contribution < -0.4 is 5.32 Å². The van der Waals surface area contributed by atoms with E-state index < -0.39 is 11.7 Å². The van der Waals surface area contributed by atoms with Crippen molar-refractivity contribution < 1.29 is 17.9 Å². The molecule has 1 aromatic rings. The largest absolute Gasteiger partial charge is 0.417 e. The average Bonchev–Trinajstić information content (AvgIpc) is 2.46. The van der Waals surface area contributed by atoms with Crippen molar-refractivity contribution in [2.24, 2.45) is 0 Å². The highest BCUT2D eigenvalue weighted by molar-refractivity contribution is 8.00. The molecule has 0 aromatic carbocycles. The summed E-state index contributed by atoms with van der Waals surface area (Å²) in [6.07, 6.45) is -1.48. The molecule has 1 aromatic heterocycles. The van der Waals surface area contributed by atoms with Crippen LogP contribution in [0.4, 0.5) is 13.2 Å². The smallest absolute Gasteiger partial charge is 0.380 e. The van der Waals surface area contributed by atoms with Crippen molar-refractivity contribution in [2.45, 2.75) is 42.3 Å². The first-order chi connectivity index (χ1) is 10.0. The molecule has 21 heavy (non-hydrogen) atoms. The van der Waals surface area contributed by atoms with Crippen molar-refractivity contribution >= 4 is 11.8 Å².